The number of thiophene rings is 1. The number of nitrogens with zero attached hydrogens (tertiary/aromatic N) is 3. The summed E-state index contributed by atoms with van der Waals surface area (Å²) in [7, 11) is 0. The van der Waals surface area contributed by atoms with Crippen LogP contribution in [0.1, 0.15) is 66.8 Å². The van der Waals surface area contributed by atoms with Crippen LogP contribution in [0.2, 0.25) is 0 Å². The molecule has 258 valence electrons. The molecule has 5 aromatic rings. The van der Waals surface area contributed by atoms with Crippen molar-refractivity contribution in [2.75, 3.05) is 48.0 Å². The first-order chi connectivity index (χ1) is 24.9. The topological polar surface area (TPSA) is 91.8 Å². The van der Waals surface area contributed by atoms with Crippen molar-refractivity contribution < 1.29 is 19.1 Å². The van der Waals surface area contributed by atoms with Gasteiger partial charge in [0.1, 0.15) is 5.82 Å². The summed E-state index contributed by atoms with van der Waals surface area (Å²) in [6, 6.07) is 28.8. The molecular formula is C42H40N4O4S. The van der Waals surface area contributed by atoms with Crippen LogP contribution in [0.5, 0.6) is 0 Å². The number of amides is 2. The molecule has 0 bridgehead atoms. The lowest BCUT2D eigenvalue weighted by Crippen LogP contribution is -2.59. The third-order valence-corrected chi connectivity index (χ3v) is 11.8. The fraction of sp³-hybridized carbons (Fsp3) is 0.286. The lowest BCUT2D eigenvalue weighted by molar-refractivity contribution is -0.000510. The second kappa shape index (κ2) is 13.9. The number of ketones is 1. The minimum Gasteiger partial charge on any atom is -0.381 e. The molecule has 5 heterocycles. The van der Waals surface area contributed by atoms with Gasteiger partial charge in [0.2, 0.25) is 0 Å². The van der Waals surface area contributed by atoms with Gasteiger partial charge in [-0.25, -0.2) is 4.98 Å². The smallest absolute Gasteiger partial charge is 0.259 e. The molecule has 0 unspecified atom stereocenters. The number of nitrogens with one attached hydrogen (secondary N) is 1. The molecule has 0 aliphatic carbocycles. The first-order valence-electron chi connectivity index (χ1n) is 17.7. The average Bonchev–Trinajstić information content (AvgIpc) is 3.52. The Labute approximate surface area is 302 Å². The zero-order valence-electron chi connectivity index (χ0n) is 28.7. The normalized spacial score (nSPS) is 16.1. The van der Waals surface area contributed by atoms with Crippen LogP contribution in [-0.4, -0.2) is 55.4 Å². The van der Waals surface area contributed by atoms with E-state index in [9.17, 15) is 14.4 Å². The van der Waals surface area contributed by atoms with E-state index < -0.39 is 0 Å². The number of carbonyl (C=O) groups excluding carboxylic acids is 3. The van der Waals surface area contributed by atoms with E-state index in [1.807, 2.05) is 59.5 Å². The monoisotopic (exact) mass is 696 g/mol. The van der Waals surface area contributed by atoms with Gasteiger partial charge >= 0.3 is 0 Å². The molecular weight excluding hydrogens is 657 g/mol. The molecule has 2 saturated heterocycles. The van der Waals surface area contributed by atoms with E-state index in [2.05, 4.69) is 28.2 Å². The van der Waals surface area contributed by atoms with Gasteiger partial charge in [0.05, 0.1) is 16.1 Å². The Morgan fingerprint density at radius 1 is 0.902 bits per heavy atom. The molecule has 1 N–H and O–H groups in total. The Hall–Kier alpha value is -5.12. The molecule has 8 rings (SSSR count). The number of hydrogen-bond acceptors (Lipinski definition) is 7. The minimum atomic E-state index is -0.231. The quantitative estimate of drug-likeness (QED) is 0.166. The van der Waals surface area contributed by atoms with Crippen molar-refractivity contribution in [1.82, 2.24) is 4.98 Å². The molecule has 9 heteroatoms. The van der Waals surface area contributed by atoms with Crippen LogP contribution >= 0.6 is 11.3 Å². The number of aromatic nitrogens is 1. The fourth-order valence-electron chi connectivity index (χ4n) is 7.69. The van der Waals surface area contributed by atoms with Crippen molar-refractivity contribution >= 4 is 46.1 Å². The first kappa shape index (κ1) is 33.0. The van der Waals surface area contributed by atoms with Gasteiger partial charge in [0.15, 0.2) is 5.78 Å². The van der Waals surface area contributed by atoms with E-state index in [1.54, 1.807) is 36.5 Å². The number of anilines is 3. The van der Waals surface area contributed by atoms with Crippen LogP contribution in [0.25, 0.3) is 10.4 Å². The van der Waals surface area contributed by atoms with Gasteiger partial charge in [-0.1, -0.05) is 49.4 Å². The summed E-state index contributed by atoms with van der Waals surface area (Å²) >= 11 is 1.52. The number of para-hydroxylation sites is 1. The largest absolute Gasteiger partial charge is 0.381 e. The Balaban J connectivity index is 0.965. The van der Waals surface area contributed by atoms with Crippen LogP contribution < -0.4 is 15.1 Å². The predicted octanol–water partition coefficient (Wildman–Crippen LogP) is 7.87. The lowest BCUT2D eigenvalue weighted by Gasteiger charge is -2.53. The third-order valence-electron chi connectivity index (χ3n) is 10.6. The van der Waals surface area contributed by atoms with Crippen molar-refractivity contribution in [2.45, 2.75) is 39.0 Å². The van der Waals surface area contributed by atoms with E-state index >= 15 is 0 Å². The average molecular weight is 697 g/mol. The molecule has 2 aromatic heterocycles. The van der Waals surface area contributed by atoms with Crippen molar-refractivity contribution in [3.8, 4) is 10.4 Å². The van der Waals surface area contributed by atoms with Gasteiger partial charge in [-0.05, 0) is 90.9 Å². The number of benzene rings is 3. The zero-order valence-corrected chi connectivity index (χ0v) is 29.5. The van der Waals surface area contributed by atoms with Crippen LogP contribution in [0.15, 0.2) is 97.2 Å². The van der Waals surface area contributed by atoms with Crippen molar-refractivity contribution in [2.24, 2.45) is 5.41 Å². The number of hydrogen-bond donors (Lipinski definition) is 1. The van der Waals surface area contributed by atoms with Gasteiger partial charge in [-0.2, -0.15) is 0 Å². The third kappa shape index (κ3) is 6.48. The highest BCUT2D eigenvalue weighted by molar-refractivity contribution is 7.17. The van der Waals surface area contributed by atoms with E-state index in [0.717, 1.165) is 77.7 Å². The van der Waals surface area contributed by atoms with Crippen molar-refractivity contribution in [3.05, 3.63) is 130 Å². The Bertz CT molecular complexity index is 2110. The second-order valence-corrected chi connectivity index (χ2v) is 14.8. The maximum Gasteiger partial charge on any atom is 0.259 e. The maximum atomic E-state index is 14.0. The van der Waals surface area contributed by atoms with Crippen molar-refractivity contribution in [3.63, 3.8) is 0 Å². The molecule has 3 aliphatic rings. The van der Waals surface area contributed by atoms with Crippen molar-refractivity contribution in [1.29, 1.82) is 0 Å². The Kier molecular flexibility index (Phi) is 9.00. The molecule has 0 saturated carbocycles. The van der Waals surface area contributed by atoms with E-state index in [-0.39, 0.29) is 23.0 Å². The molecule has 0 atom stereocenters. The molecule has 2 amide bonds. The number of aryl methyl sites for hydroxylation is 1. The van der Waals surface area contributed by atoms with Gasteiger partial charge in [-0.15, -0.1) is 11.3 Å². The van der Waals surface area contributed by atoms with Crippen LogP contribution in [-0.2, 0) is 24.0 Å². The summed E-state index contributed by atoms with van der Waals surface area (Å²) in [4.78, 5) is 51.3. The molecule has 51 heavy (non-hydrogen) atoms. The fourth-order valence-corrected chi connectivity index (χ4v) is 8.87. The SMILES string of the molecule is CCc1ccccc1CC(=O)c1cc2c(s1)-c1ccccc1N(C(=O)c1ccc(NC(=O)c3cccnc3N3CC4(CCOCC4)C3)cc1)CC2. The number of rotatable bonds is 8. The lowest BCUT2D eigenvalue weighted by atomic mass is 9.73. The molecule has 1 spiro atoms. The number of pyridine rings is 1. The van der Waals surface area contributed by atoms with Gasteiger partial charge in [-0.3, -0.25) is 14.4 Å². The standard InChI is InChI=1S/C42H40N4O4S/c1-2-28-8-3-4-9-30(28)24-36(47)37-25-31-17-21-46(35-12-6-5-10-33(35)38(31)51-37)41(49)29-13-15-32(16-14-29)44-40(48)34-11-7-20-43-39(34)45-26-42(27-45)18-22-50-23-19-42/h3-16,20,25H,2,17-19,21-24,26-27H2,1H3,(H,44,48). The molecule has 8 nitrogen and oxygen atoms in total. The maximum absolute atomic E-state index is 14.0. The highest BCUT2D eigenvalue weighted by atomic mass is 32.1. The van der Waals surface area contributed by atoms with Gasteiger partial charge in [0.25, 0.3) is 11.8 Å². The number of carbonyl (C=O) groups is 3. The summed E-state index contributed by atoms with van der Waals surface area (Å²) < 4.78 is 5.56. The molecule has 3 aromatic carbocycles. The summed E-state index contributed by atoms with van der Waals surface area (Å²) in [6.07, 6.45) is 5.72. The minimum absolute atomic E-state index is 0.114. The summed E-state index contributed by atoms with van der Waals surface area (Å²) in [5.41, 5.74) is 7.07. The van der Waals surface area contributed by atoms with Gasteiger partial charge in [0, 0.05) is 72.6 Å². The first-order valence-corrected chi connectivity index (χ1v) is 18.6. The summed E-state index contributed by atoms with van der Waals surface area (Å²) in [5.74, 6) is 0.475. The van der Waals surface area contributed by atoms with E-state index in [0.29, 0.717) is 42.0 Å². The predicted molar refractivity (Wildman–Crippen MR) is 202 cm³/mol. The molecule has 3 aliphatic heterocycles. The highest BCUT2D eigenvalue weighted by Gasteiger charge is 2.45. The highest BCUT2D eigenvalue weighted by Crippen LogP contribution is 2.43. The number of ether oxygens (including phenoxy) is 1. The Morgan fingerprint density at radius 3 is 2.43 bits per heavy atom. The van der Waals surface area contributed by atoms with Gasteiger partial charge < -0.3 is 19.9 Å². The number of fused-ring (bicyclic) bond motifs is 3. The second-order valence-electron chi connectivity index (χ2n) is 13.8. The van der Waals surface area contributed by atoms with E-state index in [1.165, 1.54) is 16.9 Å². The van der Waals surface area contributed by atoms with Crippen LogP contribution in [0.3, 0.4) is 0 Å². The van der Waals surface area contributed by atoms with E-state index in [4.69, 9.17) is 4.74 Å². The number of Topliss-reactive ketones (excluding diaryl/α,β-unsaturated/α-hetero) is 1. The summed E-state index contributed by atoms with van der Waals surface area (Å²) in [5, 5.41) is 3.01. The zero-order chi connectivity index (χ0) is 35.0. The molecule has 0 radical (unpaired) electrons. The Morgan fingerprint density at radius 2 is 1.65 bits per heavy atom. The van der Waals surface area contributed by atoms with Crippen LogP contribution in [0, 0.1) is 5.41 Å². The summed E-state index contributed by atoms with van der Waals surface area (Å²) in [6.45, 7) is 5.94. The molecule has 2 fully saturated rings. The van der Waals surface area contributed by atoms with Crippen LogP contribution in [0.4, 0.5) is 17.2 Å².